The molecule has 3 rings (SSSR count). The summed E-state index contributed by atoms with van der Waals surface area (Å²) in [5.74, 6) is 2.21. The van der Waals surface area contributed by atoms with Gasteiger partial charge in [0.1, 0.15) is 0 Å². The molecule has 1 heteroatoms. The summed E-state index contributed by atoms with van der Waals surface area (Å²) in [5, 5.41) is 0. The monoisotopic (exact) mass is 281 g/mol. The molecular weight excluding hydrogens is 256 g/mol. The fourth-order valence-electron chi connectivity index (χ4n) is 3.06. The Labute approximate surface area is 128 Å². The maximum atomic E-state index is 6.38. The van der Waals surface area contributed by atoms with E-state index in [1.54, 1.807) is 0 Å². The minimum absolute atomic E-state index is 0.0204. The quantitative estimate of drug-likeness (QED) is 0.479. The van der Waals surface area contributed by atoms with Crippen LogP contribution in [0.3, 0.4) is 0 Å². The summed E-state index contributed by atoms with van der Waals surface area (Å²) in [6, 6.07) is 11.0. The van der Waals surface area contributed by atoms with Crippen molar-refractivity contribution in [2.75, 3.05) is 0 Å². The molecule has 0 radical (unpaired) electrons. The first-order valence-corrected chi connectivity index (χ1v) is 7.77. The molecule has 1 nitrogen and oxygen atoms in total. The van der Waals surface area contributed by atoms with Gasteiger partial charge in [-0.25, -0.2) is 4.42 Å². The maximum Gasteiger partial charge on any atom is 0.338 e. The van der Waals surface area contributed by atoms with Crippen LogP contribution in [0.15, 0.2) is 34.7 Å². The molecule has 1 aliphatic carbocycles. The average Bonchev–Trinajstić information content (AvgIpc) is 2.73. The number of hydrogen-bond donors (Lipinski definition) is 0. The second-order valence-electron chi connectivity index (χ2n) is 8.17. The minimum atomic E-state index is 0.0204. The van der Waals surface area contributed by atoms with Crippen LogP contribution in [0.2, 0.25) is 0 Å². The first-order chi connectivity index (χ1) is 9.68. The van der Waals surface area contributed by atoms with Gasteiger partial charge in [0, 0.05) is 18.1 Å². The van der Waals surface area contributed by atoms with E-state index in [2.05, 4.69) is 71.9 Å². The summed E-state index contributed by atoms with van der Waals surface area (Å²) in [7, 11) is 0. The molecule has 1 aromatic heterocycles. The van der Waals surface area contributed by atoms with Crippen LogP contribution in [0.5, 0.6) is 0 Å². The van der Waals surface area contributed by atoms with E-state index in [9.17, 15) is 0 Å². The minimum Gasteiger partial charge on any atom is -0.216 e. The van der Waals surface area contributed by atoms with Crippen LogP contribution < -0.4 is 0 Å². The lowest BCUT2D eigenvalue weighted by molar-refractivity contribution is 0.326. The van der Waals surface area contributed by atoms with Gasteiger partial charge in [-0.05, 0) is 52.7 Å². The van der Waals surface area contributed by atoms with Gasteiger partial charge in [0.05, 0.1) is 16.4 Å². The first-order valence-electron chi connectivity index (χ1n) is 7.77. The van der Waals surface area contributed by atoms with Gasteiger partial charge in [-0.1, -0.05) is 24.3 Å². The first kappa shape index (κ1) is 14.3. The molecule has 1 aliphatic rings. The van der Waals surface area contributed by atoms with Crippen molar-refractivity contribution < 1.29 is 4.42 Å². The van der Waals surface area contributed by atoms with Gasteiger partial charge in [-0.15, -0.1) is 0 Å². The highest BCUT2D eigenvalue weighted by molar-refractivity contribution is 5.77. The molecule has 0 saturated heterocycles. The van der Waals surface area contributed by atoms with E-state index in [1.807, 2.05) is 0 Å². The van der Waals surface area contributed by atoms with E-state index >= 15 is 0 Å². The average molecular weight is 281 g/mol. The van der Waals surface area contributed by atoms with Crippen LogP contribution in [-0.4, -0.2) is 0 Å². The second-order valence-corrected chi connectivity index (χ2v) is 8.17. The van der Waals surface area contributed by atoms with Gasteiger partial charge >= 0.3 is 11.5 Å². The van der Waals surface area contributed by atoms with Crippen LogP contribution in [0.1, 0.15) is 64.2 Å². The van der Waals surface area contributed by atoms with Crippen molar-refractivity contribution in [3.63, 3.8) is 0 Å². The van der Waals surface area contributed by atoms with Crippen LogP contribution in [-0.2, 0) is 17.3 Å². The van der Waals surface area contributed by atoms with E-state index in [0.29, 0.717) is 0 Å². The Morgan fingerprint density at radius 1 is 0.857 bits per heavy atom. The van der Waals surface area contributed by atoms with Crippen molar-refractivity contribution in [1.82, 2.24) is 0 Å². The Morgan fingerprint density at radius 2 is 1.52 bits per heavy atom. The predicted octanol–water partition coefficient (Wildman–Crippen LogP) is 5.73. The summed E-state index contributed by atoms with van der Waals surface area (Å²) in [4.78, 5) is 0. The molecule has 21 heavy (non-hydrogen) atoms. The van der Waals surface area contributed by atoms with Crippen molar-refractivity contribution in [2.24, 2.45) is 0 Å². The topological polar surface area (TPSA) is 11.3 Å². The van der Waals surface area contributed by atoms with Gasteiger partial charge in [-0.3, -0.25) is 0 Å². The largest absolute Gasteiger partial charge is 0.338 e. The molecule has 0 aliphatic heterocycles. The zero-order chi connectivity index (χ0) is 15.4. The lowest BCUT2D eigenvalue weighted by Gasteiger charge is -2.16. The van der Waals surface area contributed by atoms with Crippen LogP contribution in [0.25, 0.3) is 11.1 Å². The molecule has 110 valence electrons. The molecular formula is C20H25O+. The number of hydrogen-bond acceptors (Lipinski definition) is 0. The zero-order valence-corrected chi connectivity index (χ0v) is 14.0. The molecule has 1 aromatic carbocycles. The molecule has 0 unspecified atom stereocenters. The maximum absolute atomic E-state index is 6.38. The fourth-order valence-corrected chi connectivity index (χ4v) is 3.06. The highest BCUT2D eigenvalue weighted by atomic mass is 16.3. The van der Waals surface area contributed by atoms with E-state index in [4.69, 9.17) is 4.42 Å². The SMILES string of the molecule is CC(C)(C)c1cc2c(c(C(C)(C)C)[o+]1)Cc1ccccc1-2. The smallest absolute Gasteiger partial charge is 0.216 e. The van der Waals surface area contributed by atoms with Gasteiger partial charge < -0.3 is 0 Å². The fraction of sp³-hybridized carbons (Fsp3) is 0.450. The summed E-state index contributed by atoms with van der Waals surface area (Å²) in [5.41, 5.74) is 5.57. The third kappa shape index (κ3) is 2.39. The molecule has 2 aromatic rings. The lowest BCUT2D eigenvalue weighted by Crippen LogP contribution is -2.18. The summed E-state index contributed by atoms with van der Waals surface area (Å²) < 4.78 is 6.38. The van der Waals surface area contributed by atoms with E-state index < -0.39 is 0 Å². The zero-order valence-electron chi connectivity index (χ0n) is 14.0. The predicted molar refractivity (Wildman–Crippen MR) is 88.8 cm³/mol. The molecule has 0 N–H and O–H groups in total. The highest BCUT2D eigenvalue weighted by Crippen LogP contribution is 2.44. The van der Waals surface area contributed by atoms with Crippen LogP contribution in [0.4, 0.5) is 0 Å². The standard InChI is InChI=1S/C20H25O/c1-19(2,3)17-12-15-14-10-8-7-9-13(14)11-16(15)18(21-17)20(4,5)6/h7-10,12H,11H2,1-6H3/q+1. The lowest BCUT2D eigenvalue weighted by atomic mass is 9.85. The second kappa shape index (κ2) is 4.43. The molecule has 0 amide bonds. The molecule has 0 fully saturated rings. The van der Waals surface area contributed by atoms with Crippen LogP contribution in [0, 0.1) is 0 Å². The van der Waals surface area contributed by atoms with Crippen LogP contribution >= 0.6 is 0 Å². The summed E-state index contributed by atoms with van der Waals surface area (Å²) >= 11 is 0. The number of benzene rings is 1. The van der Waals surface area contributed by atoms with Crippen molar-refractivity contribution >= 4 is 0 Å². The van der Waals surface area contributed by atoms with Crippen molar-refractivity contribution in [1.29, 1.82) is 0 Å². The Balaban J connectivity index is 2.31. The Hall–Kier alpha value is -1.63. The third-order valence-corrected chi connectivity index (χ3v) is 4.18. The number of rotatable bonds is 0. The Kier molecular flexibility index (Phi) is 3.02. The summed E-state index contributed by atoms with van der Waals surface area (Å²) in [6.45, 7) is 13.4. The van der Waals surface area contributed by atoms with E-state index in [0.717, 1.165) is 17.9 Å². The van der Waals surface area contributed by atoms with Crippen molar-refractivity contribution in [3.8, 4) is 11.1 Å². The molecule has 0 spiro atoms. The molecule has 0 bridgehead atoms. The van der Waals surface area contributed by atoms with Crippen molar-refractivity contribution in [3.05, 3.63) is 53.0 Å². The van der Waals surface area contributed by atoms with E-state index in [-0.39, 0.29) is 10.8 Å². The third-order valence-electron chi connectivity index (χ3n) is 4.18. The Morgan fingerprint density at radius 3 is 2.14 bits per heavy atom. The molecule has 0 atom stereocenters. The highest BCUT2D eigenvalue weighted by Gasteiger charge is 2.40. The molecule has 1 heterocycles. The summed E-state index contributed by atoms with van der Waals surface area (Å²) in [6.07, 6.45) is 0.992. The normalized spacial score (nSPS) is 14.0. The van der Waals surface area contributed by atoms with Gasteiger partial charge in [-0.2, -0.15) is 0 Å². The van der Waals surface area contributed by atoms with Gasteiger partial charge in [0.2, 0.25) is 0 Å². The van der Waals surface area contributed by atoms with Gasteiger partial charge in [0.25, 0.3) is 0 Å². The number of fused-ring (bicyclic) bond motifs is 3. The van der Waals surface area contributed by atoms with Gasteiger partial charge in [0.15, 0.2) is 0 Å². The molecule has 0 saturated carbocycles. The van der Waals surface area contributed by atoms with Crippen molar-refractivity contribution in [2.45, 2.75) is 58.8 Å². The van der Waals surface area contributed by atoms with E-state index in [1.165, 1.54) is 22.3 Å². The Bertz CT molecular complexity index is 697.